The molecule has 0 bridgehead atoms. The highest BCUT2D eigenvalue weighted by Gasteiger charge is 2.44. The summed E-state index contributed by atoms with van der Waals surface area (Å²) in [5.74, 6) is 1.43. The van der Waals surface area contributed by atoms with E-state index in [9.17, 15) is 9.18 Å². The predicted octanol–water partition coefficient (Wildman–Crippen LogP) is 4.17. The third-order valence-electron chi connectivity index (χ3n) is 7.96. The van der Waals surface area contributed by atoms with E-state index < -0.39 is 5.82 Å². The molecule has 6 heterocycles. The van der Waals surface area contributed by atoms with E-state index in [2.05, 4.69) is 58.9 Å². The number of aryl methyl sites for hydroxylation is 1. The molecule has 2 aliphatic rings. The molecule has 2 N–H and O–H groups in total. The Hall–Kier alpha value is -4.35. The summed E-state index contributed by atoms with van der Waals surface area (Å²) in [5.41, 5.74) is 2.54. The Balaban J connectivity index is 1.23. The zero-order chi connectivity index (χ0) is 28.0. The normalized spacial score (nSPS) is 16.6. The molecule has 208 valence electrons. The Bertz CT molecular complexity index is 1580. The molecule has 0 saturated carbocycles. The van der Waals surface area contributed by atoms with E-state index >= 15 is 0 Å². The number of methoxy groups -OCH3 is 1. The number of nitrogens with one attached hydrogen (secondary N) is 2. The molecular formula is C28H32FN9O2. The summed E-state index contributed by atoms with van der Waals surface area (Å²) in [6.45, 7) is 8.42. The van der Waals surface area contributed by atoms with E-state index in [1.54, 1.807) is 12.3 Å². The van der Waals surface area contributed by atoms with Gasteiger partial charge in [-0.3, -0.25) is 4.79 Å². The number of hydrogen-bond donors (Lipinski definition) is 2. The number of halogens is 1. The second-order valence-electron chi connectivity index (χ2n) is 10.7. The number of piperidine rings is 1. The van der Waals surface area contributed by atoms with E-state index in [4.69, 9.17) is 4.74 Å². The summed E-state index contributed by atoms with van der Waals surface area (Å²) in [5, 5.41) is 6.05. The largest absolute Gasteiger partial charge is 0.479 e. The Morgan fingerprint density at radius 2 is 1.90 bits per heavy atom. The molecule has 11 nitrogen and oxygen atoms in total. The molecule has 4 aromatic rings. The second-order valence-corrected chi connectivity index (χ2v) is 10.7. The lowest BCUT2D eigenvalue weighted by atomic mass is 9.77. The molecule has 40 heavy (non-hydrogen) atoms. The van der Waals surface area contributed by atoms with Gasteiger partial charge in [0.2, 0.25) is 17.7 Å². The standard InChI is InChI=1S/C28H32FN9O2/c1-16(2)38-17(3)33-24-21(38)13-20(34-25(24)40-4)23-19(29)15-32-27(36-23)35-22-6-5-18(14-31-22)37-11-8-28(9-12-37)7-10-30-26(28)39/h5-6,13-16H,7-12H2,1-4H3,(H,30,39)(H,31,32,35,36). The molecule has 0 unspecified atom stereocenters. The van der Waals surface area contributed by atoms with Gasteiger partial charge < -0.3 is 24.8 Å². The highest BCUT2D eigenvalue weighted by molar-refractivity contribution is 5.85. The SMILES string of the molecule is COc1nc(-c2nc(Nc3ccc(N4CCC5(CCNC5=O)CC4)cn3)ncc2F)cc2c1nc(C)n2C(C)C. The zero-order valence-corrected chi connectivity index (χ0v) is 23.0. The van der Waals surface area contributed by atoms with Crippen LogP contribution in [0.2, 0.25) is 0 Å². The van der Waals surface area contributed by atoms with Crippen LogP contribution in [0, 0.1) is 18.2 Å². The zero-order valence-electron chi connectivity index (χ0n) is 23.0. The predicted molar refractivity (Wildman–Crippen MR) is 149 cm³/mol. The molecule has 1 spiro atoms. The fourth-order valence-electron chi connectivity index (χ4n) is 5.85. The number of anilines is 3. The third kappa shape index (κ3) is 4.46. The van der Waals surface area contributed by atoms with Crippen LogP contribution in [0.1, 0.15) is 45.0 Å². The average Bonchev–Trinajstić information content (AvgIpc) is 3.48. The van der Waals surface area contributed by atoms with Gasteiger partial charge in [-0.05, 0) is 58.2 Å². The van der Waals surface area contributed by atoms with Crippen LogP contribution in [0.15, 0.2) is 30.6 Å². The lowest BCUT2D eigenvalue weighted by Gasteiger charge is -2.38. The van der Waals surface area contributed by atoms with Crippen molar-refractivity contribution in [3.8, 4) is 17.3 Å². The molecular weight excluding hydrogens is 513 g/mol. The second kappa shape index (κ2) is 10.00. The molecule has 0 aromatic carbocycles. The molecule has 0 aliphatic carbocycles. The topological polar surface area (TPSA) is 123 Å². The molecule has 6 rings (SSSR count). The smallest absolute Gasteiger partial charge is 0.242 e. The Kier molecular flexibility index (Phi) is 6.47. The number of rotatable bonds is 6. The van der Waals surface area contributed by atoms with Crippen molar-refractivity contribution in [2.75, 3.05) is 37.0 Å². The van der Waals surface area contributed by atoms with Crippen LogP contribution >= 0.6 is 0 Å². The van der Waals surface area contributed by atoms with Gasteiger partial charge in [0.1, 0.15) is 17.3 Å². The molecule has 1 amide bonds. The fourth-order valence-corrected chi connectivity index (χ4v) is 5.85. The third-order valence-corrected chi connectivity index (χ3v) is 7.96. The first-order chi connectivity index (χ1) is 19.3. The first-order valence-corrected chi connectivity index (χ1v) is 13.5. The Labute approximate surface area is 231 Å². The number of nitrogens with zero attached hydrogens (tertiary/aromatic N) is 7. The lowest BCUT2D eigenvalue weighted by Crippen LogP contribution is -2.44. The highest BCUT2D eigenvalue weighted by atomic mass is 19.1. The van der Waals surface area contributed by atoms with Crippen molar-refractivity contribution in [3.05, 3.63) is 42.2 Å². The van der Waals surface area contributed by atoms with Crippen molar-refractivity contribution >= 4 is 34.4 Å². The number of aromatic nitrogens is 6. The first kappa shape index (κ1) is 25.9. The summed E-state index contributed by atoms with van der Waals surface area (Å²) in [6.07, 6.45) is 5.50. The average molecular weight is 546 g/mol. The van der Waals surface area contributed by atoms with Gasteiger partial charge in [-0.2, -0.15) is 0 Å². The quantitative estimate of drug-likeness (QED) is 0.367. The van der Waals surface area contributed by atoms with E-state index in [-0.39, 0.29) is 29.0 Å². The van der Waals surface area contributed by atoms with Gasteiger partial charge >= 0.3 is 0 Å². The number of ether oxygens (including phenoxy) is 1. The van der Waals surface area contributed by atoms with E-state index in [0.29, 0.717) is 22.9 Å². The molecule has 2 aliphatic heterocycles. The van der Waals surface area contributed by atoms with E-state index in [0.717, 1.165) is 62.1 Å². The van der Waals surface area contributed by atoms with Crippen LogP contribution < -0.4 is 20.3 Å². The van der Waals surface area contributed by atoms with Crippen LogP contribution in [0.5, 0.6) is 5.88 Å². The summed E-state index contributed by atoms with van der Waals surface area (Å²) in [6, 6.07) is 5.73. The van der Waals surface area contributed by atoms with Crippen molar-refractivity contribution in [1.29, 1.82) is 0 Å². The molecule has 0 radical (unpaired) electrons. The molecule has 4 aromatic heterocycles. The lowest BCUT2D eigenvalue weighted by molar-refractivity contribution is -0.128. The van der Waals surface area contributed by atoms with Crippen LogP contribution in [0.25, 0.3) is 22.4 Å². The van der Waals surface area contributed by atoms with Gasteiger partial charge in [0.15, 0.2) is 11.3 Å². The number of pyridine rings is 2. The Morgan fingerprint density at radius 1 is 1.10 bits per heavy atom. The summed E-state index contributed by atoms with van der Waals surface area (Å²) in [7, 11) is 1.52. The Morgan fingerprint density at radius 3 is 2.55 bits per heavy atom. The maximum Gasteiger partial charge on any atom is 0.242 e. The number of fused-ring (bicyclic) bond motifs is 1. The number of amides is 1. The van der Waals surface area contributed by atoms with Gasteiger partial charge in [0.05, 0.1) is 41.8 Å². The van der Waals surface area contributed by atoms with Crippen LogP contribution in [-0.2, 0) is 4.79 Å². The van der Waals surface area contributed by atoms with Crippen LogP contribution in [0.3, 0.4) is 0 Å². The van der Waals surface area contributed by atoms with E-state index in [1.807, 2.05) is 19.1 Å². The van der Waals surface area contributed by atoms with Crippen molar-refractivity contribution in [3.63, 3.8) is 0 Å². The highest BCUT2D eigenvalue weighted by Crippen LogP contribution is 2.39. The number of carbonyl (C=O) groups is 1. The summed E-state index contributed by atoms with van der Waals surface area (Å²) < 4.78 is 22.5. The van der Waals surface area contributed by atoms with Crippen LogP contribution in [-0.4, -0.2) is 62.1 Å². The molecule has 2 saturated heterocycles. The number of imidazole rings is 1. The maximum absolute atomic E-state index is 15.0. The van der Waals surface area contributed by atoms with Crippen molar-refractivity contribution in [2.24, 2.45) is 5.41 Å². The summed E-state index contributed by atoms with van der Waals surface area (Å²) in [4.78, 5) is 36.7. The van der Waals surface area contributed by atoms with Crippen molar-refractivity contribution in [1.82, 2.24) is 34.8 Å². The fraction of sp³-hybridized carbons (Fsp3) is 0.429. The minimum absolute atomic E-state index is 0.0432. The molecule has 2 fully saturated rings. The monoisotopic (exact) mass is 545 g/mol. The van der Waals surface area contributed by atoms with E-state index in [1.165, 1.54) is 7.11 Å². The van der Waals surface area contributed by atoms with Gasteiger partial charge in [0.25, 0.3) is 0 Å². The molecule has 12 heteroatoms. The van der Waals surface area contributed by atoms with Gasteiger partial charge in [-0.1, -0.05) is 0 Å². The van der Waals surface area contributed by atoms with Gasteiger partial charge in [-0.25, -0.2) is 29.3 Å². The van der Waals surface area contributed by atoms with Crippen molar-refractivity contribution in [2.45, 2.75) is 46.1 Å². The minimum Gasteiger partial charge on any atom is -0.479 e. The maximum atomic E-state index is 15.0. The van der Waals surface area contributed by atoms with Crippen molar-refractivity contribution < 1.29 is 13.9 Å². The van der Waals surface area contributed by atoms with Gasteiger partial charge in [0, 0.05) is 25.7 Å². The first-order valence-electron chi connectivity index (χ1n) is 13.5. The summed E-state index contributed by atoms with van der Waals surface area (Å²) >= 11 is 0. The minimum atomic E-state index is -0.603. The van der Waals surface area contributed by atoms with Gasteiger partial charge in [-0.15, -0.1) is 0 Å². The number of carbonyl (C=O) groups excluding carboxylic acids is 1. The van der Waals surface area contributed by atoms with Crippen LogP contribution in [0.4, 0.5) is 21.8 Å². The number of hydrogen-bond acceptors (Lipinski definition) is 9. The molecule has 0 atom stereocenters.